The average molecular weight is 197 g/mol. The molecule has 0 saturated carbocycles. The zero-order chi connectivity index (χ0) is 10.9. The first kappa shape index (κ1) is 11.3. The Morgan fingerprint density at radius 1 is 1.36 bits per heavy atom. The standard InChI is InChI=1S/C11H19NO2/c1-6(2)11(13)10(12)9-5-7(3)8(4)14-9/h5-6,10-11,13H,12H2,1-4H3. The van der Waals surface area contributed by atoms with Crippen molar-refractivity contribution in [2.75, 3.05) is 0 Å². The summed E-state index contributed by atoms with van der Waals surface area (Å²) in [6.07, 6.45) is -0.556. The summed E-state index contributed by atoms with van der Waals surface area (Å²) >= 11 is 0. The summed E-state index contributed by atoms with van der Waals surface area (Å²) in [5, 5.41) is 9.76. The van der Waals surface area contributed by atoms with Gasteiger partial charge in [-0.25, -0.2) is 0 Å². The summed E-state index contributed by atoms with van der Waals surface area (Å²) in [6, 6.07) is 1.47. The van der Waals surface area contributed by atoms with E-state index in [1.807, 2.05) is 33.8 Å². The Morgan fingerprint density at radius 3 is 2.29 bits per heavy atom. The molecule has 0 radical (unpaired) electrons. The molecule has 1 rings (SSSR count). The van der Waals surface area contributed by atoms with Crippen molar-refractivity contribution in [3.05, 3.63) is 23.2 Å². The fraction of sp³-hybridized carbons (Fsp3) is 0.636. The van der Waals surface area contributed by atoms with Crippen molar-refractivity contribution in [2.45, 2.75) is 39.8 Å². The van der Waals surface area contributed by atoms with Crippen molar-refractivity contribution < 1.29 is 9.52 Å². The van der Waals surface area contributed by atoms with Crippen LogP contribution in [0.2, 0.25) is 0 Å². The van der Waals surface area contributed by atoms with Crippen LogP contribution in [0.4, 0.5) is 0 Å². The normalized spacial score (nSPS) is 15.9. The van der Waals surface area contributed by atoms with E-state index in [1.54, 1.807) is 0 Å². The second kappa shape index (κ2) is 4.15. The molecule has 0 aromatic carbocycles. The average Bonchev–Trinajstić information content (AvgIpc) is 2.44. The predicted molar refractivity (Wildman–Crippen MR) is 56.0 cm³/mol. The van der Waals surface area contributed by atoms with Gasteiger partial charge in [0.2, 0.25) is 0 Å². The highest BCUT2D eigenvalue weighted by Gasteiger charge is 2.23. The van der Waals surface area contributed by atoms with Gasteiger partial charge in [-0.2, -0.15) is 0 Å². The minimum atomic E-state index is -0.556. The van der Waals surface area contributed by atoms with Gasteiger partial charge in [0.15, 0.2) is 0 Å². The van der Waals surface area contributed by atoms with Crippen molar-refractivity contribution in [3.63, 3.8) is 0 Å². The zero-order valence-corrected chi connectivity index (χ0v) is 9.24. The maximum Gasteiger partial charge on any atom is 0.123 e. The van der Waals surface area contributed by atoms with Crippen molar-refractivity contribution in [3.8, 4) is 0 Å². The van der Waals surface area contributed by atoms with Crippen LogP contribution < -0.4 is 5.73 Å². The van der Waals surface area contributed by atoms with E-state index in [0.29, 0.717) is 5.76 Å². The first-order valence-electron chi connectivity index (χ1n) is 4.94. The highest BCUT2D eigenvalue weighted by molar-refractivity contribution is 5.21. The van der Waals surface area contributed by atoms with Crippen LogP contribution in [0.25, 0.3) is 0 Å². The van der Waals surface area contributed by atoms with Crippen LogP contribution in [0, 0.1) is 19.8 Å². The topological polar surface area (TPSA) is 59.4 Å². The summed E-state index contributed by atoms with van der Waals surface area (Å²) in [5.74, 6) is 1.67. The fourth-order valence-corrected chi connectivity index (χ4v) is 1.35. The molecule has 0 aliphatic rings. The summed E-state index contributed by atoms with van der Waals surface area (Å²) in [4.78, 5) is 0. The van der Waals surface area contributed by atoms with E-state index in [-0.39, 0.29) is 5.92 Å². The molecule has 14 heavy (non-hydrogen) atoms. The Kier molecular flexibility index (Phi) is 3.34. The monoisotopic (exact) mass is 197 g/mol. The molecule has 0 aliphatic heterocycles. The number of rotatable bonds is 3. The second-order valence-electron chi connectivity index (χ2n) is 4.15. The number of aliphatic hydroxyl groups is 1. The van der Waals surface area contributed by atoms with Gasteiger partial charge in [-0.3, -0.25) is 0 Å². The van der Waals surface area contributed by atoms with Crippen LogP contribution in [0.3, 0.4) is 0 Å². The molecule has 0 saturated heterocycles. The number of aryl methyl sites for hydroxylation is 2. The van der Waals surface area contributed by atoms with Crippen molar-refractivity contribution in [1.82, 2.24) is 0 Å². The van der Waals surface area contributed by atoms with Crippen molar-refractivity contribution in [1.29, 1.82) is 0 Å². The molecule has 2 unspecified atom stereocenters. The maximum atomic E-state index is 9.76. The predicted octanol–water partition coefficient (Wildman–Crippen LogP) is 1.91. The van der Waals surface area contributed by atoms with Gasteiger partial charge in [-0.05, 0) is 31.4 Å². The Bertz CT molecular complexity index is 285. The molecule has 3 N–H and O–H groups in total. The highest BCUT2D eigenvalue weighted by Crippen LogP contribution is 2.23. The molecule has 3 heteroatoms. The first-order chi connectivity index (χ1) is 6.43. The van der Waals surface area contributed by atoms with E-state index in [4.69, 9.17) is 10.2 Å². The SMILES string of the molecule is Cc1cc(C(N)C(O)C(C)C)oc1C. The summed E-state index contributed by atoms with van der Waals surface area (Å²) in [5.41, 5.74) is 6.95. The lowest BCUT2D eigenvalue weighted by molar-refractivity contribution is 0.0896. The van der Waals surface area contributed by atoms with E-state index >= 15 is 0 Å². The lowest BCUT2D eigenvalue weighted by atomic mass is 9.98. The third-order valence-electron chi connectivity index (χ3n) is 2.56. The van der Waals surface area contributed by atoms with E-state index in [1.165, 1.54) is 0 Å². The summed E-state index contributed by atoms with van der Waals surface area (Å²) in [6.45, 7) is 7.74. The largest absolute Gasteiger partial charge is 0.464 e. The molecule has 1 aromatic rings. The van der Waals surface area contributed by atoms with E-state index < -0.39 is 12.1 Å². The van der Waals surface area contributed by atoms with Gasteiger partial charge in [0, 0.05) is 0 Å². The van der Waals surface area contributed by atoms with Gasteiger partial charge in [-0.15, -0.1) is 0 Å². The lowest BCUT2D eigenvalue weighted by Crippen LogP contribution is -2.30. The molecule has 2 atom stereocenters. The number of furan rings is 1. The minimum absolute atomic E-state index is 0.135. The number of hydrogen-bond donors (Lipinski definition) is 2. The molecule has 80 valence electrons. The van der Waals surface area contributed by atoms with Crippen molar-refractivity contribution in [2.24, 2.45) is 11.7 Å². The quantitative estimate of drug-likeness (QED) is 0.778. The Balaban J connectivity index is 2.83. The third-order valence-corrected chi connectivity index (χ3v) is 2.56. The van der Waals surface area contributed by atoms with Crippen LogP contribution in [-0.4, -0.2) is 11.2 Å². The molecule has 1 aromatic heterocycles. The lowest BCUT2D eigenvalue weighted by Gasteiger charge is -2.19. The van der Waals surface area contributed by atoms with Gasteiger partial charge in [0.25, 0.3) is 0 Å². The zero-order valence-electron chi connectivity index (χ0n) is 9.24. The van der Waals surface area contributed by atoms with Gasteiger partial charge in [-0.1, -0.05) is 13.8 Å². The van der Waals surface area contributed by atoms with Gasteiger partial charge < -0.3 is 15.3 Å². The summed E-state index contributed by atoms with van der Waals surface area (Å²) in [7, 11) is 0. The minimum Gasteiger partial charge on any atom is -0.464 e. The van der Waals surface area contributed by atoms with E-state index in [0.717, 1.165) is 11.3 Å². The first-order valence-corrected chi connectivity index (χ1v) is 4.94. The number of nitrogens with two attached hydrogens (primary N) is 1. The molecule has 3 nitrogen and oxygen atoms in total. The molecular weight excluding hydrogens is 178 g/mol. The number of aliphatic hydroxyl groups excluding tert-OH is 1. The van der Waals surface area contributed by atoms with Crippen LogP contribution in [0.15, 0.2) is 10.5 Å². The molecule has 1 heterocycles. The molecule has 0 spiro atoms. The highest BCUT2D eigenvalue weighted by atomic mass is 16.3. The molecule has 0 amide bonds. The van der Waals surface area contributed by atoms with E-state index in [9.17, 15) is 5.11 Å². The second-order valence-corrected chi connectivity index (χ2v) is 4.15. The van der Waals surface area contributed by atoms with Crippen LogP contribution in [0.1, 0.15) is 37.0 Å². The molecule has 0 fully saturated rings. The number of hydrogen-bond acceptors (Lipinski definition) is 3. The van der Waals surface area contributed by atoms with Gasteiger partial charge >= 0.3 is 0 Å². The molecule has 0 bridgehead atoms. The van der Waals surface area contributed by atoms with Crippen molar-refractivity contribution >= 4 is 0 Å². The third kappa shape index (κ3) is 2.16. The fourth-order valence-electron chi connectivity index (χ4n) is 1.35. The van der Waals surface area contributed by atoms with Gasteiger partial charge in [0.1, 0.15) is 11.5 Å². The Labute approximate surface area is 84.9 Å². The maximum absolute atomic E-state index is 9.76. The Hall–Kier alpha value is -0.800. The van der Waals surface area contributed by atoms with Crippen LogP contribution >= 0.6 is 0 Å². The van der Waals surface area contributed by atoms with E-state index in [2.05, 4.69) is 0 Å². The summed E-state index contributed by atoms with van der Waals surface area (Å²) < 4.78 is 5.46. The smallest absolute Gasteiger partial charge is 0.123 e. The Morgan fingerprint density at radius 2 is 1.93 bits per heavy atom. The molecular formula is C11H19NO2. The van der Waals surface area contributed by atoms with Crippen LogP contribution in [0.5, 0.6) is 0 Å². The van der Waals surface area contributed by atoms with Gasteiger partial charge in [0.05, 0.1) is 12.1 Å². The van der Waals surface area contributed by atoms with Crippen LogP contribution in [-0.2, 0) is 0 Å². The molecule has 0 aliphatic carbocycles.